The molecule has 1 N–H and O–H groups in total. The van der Waals surface area contributed by atoms with Gasteiger partial charge in [0.1, 0.15) is 0 Å². The second-order valence-electron chi connectivity index (χ2n) is 6.46. The number of hydrogen-bond donors (Lipinski definition) is 1. The van der Waals surface area contributed by atoms with Gasteiger partial charge in [-0.1, -0.05) is 31.2 Å². The molecule has 0 saturated carbocycles. The summed E-state index contributed by atoms with van der Waals surface area (Å²) in [6.45, 7) is 7.25. The first-order valence-corrected chi connectivity index (χ1v) is 8.40. The molecule has 1 aromatic carbocycles. The van der Waals surface area contributed by atoms with Gasteiger partial charge in [0, 0.05) is 19.1 Å². The molecule has 3 rings (SSSR count). The number of rotatable bonds is 3. The van der Waals surface area contributed by atoms with Gasteiger partial charge in [-0.05, 0) is 62.2 Å². The van der Waals surface area contributed by atoms with Crippen LogP contribution in [0.3, 0.4) is 0 Å². The minimum absolute atomic E-state index is 0.691. The van der Waals surface area contributed by atoms with Gasteiger partial charge >= 0.3 is 0 Å². The Morgan fingerprint density at radius 2 is 2.15 bits per heavy atom. The molecule has 110 valence electrons. The fourth-order valence-corrected chi connectivity index (χ4v) is 3.87. The first kappa shape index (κ1) is 14.1. The van der Waals surface area contributed by atoms with Crippen molar-refractivity contribution in [3.8, 4) is 0 Å². The van der Waals surface area contributed by atoms with Gasteiger partial charge in [-0.15, -0.1) is 0 Å². The molecule has 1 heterocycles. The summed E-state index contributed by atoms with van der Waals surface area (Å²) in [5.41, 5.74) is 3.23. The van der Waals surface area contributed by atoms with Crippen molar-refractivity contribution in [1.82, 2.24) is 10.2 Å². The predicted octanol–water partition coefficient (Wildman–Crippen LogP) is 3.18. The fraction of sp³-hybridized carbons (Fsp3) is 0.667. The average molecular weight is 272 g/mol. The molecule has 20 heavy (non-hydrogen) atoms. The van der Waals surface area contributed by atoms with Gasteiger partial charge < -0.3 is 10.2 Å². The molecule has 0 radical (unpaired) electrons. The third-order valence-corrected chi connectivity index (χ3v) is 5.03. The van der Waals surface area contributed by atoms with E-state index in [0.29, 0.717) is 6.04 Å². The monoisotopic (exact) mass is 272 g/mol. The second kappa shape index (κ2) is 6.73. The maximum absolute atomic E-state index is 3.68. The van der Waals surface area contributed by atoms with E-state index in [-0.39, 0.29) is 0 Å². The van der Waals surface area contributed by atoms with Crippen LogP contribution in [0.5, 0.6) is 0 Å². The average Bonchev–Trinajstić information content (AvgIpc) is 2.73. The Bertz CT molecular complexity index is 429. The number of aryl methyl sites for hydroxylation is 1. The van der Waals surface area contributed by atoms with Crippen LogP contribution in [0.15, 0.2) is 24.3 Å². The lowest BCUT2D eigenvalue weighted by molar-refractivity contribution is 0.241. The van der Waals surface area contributed by atoms with Crippen molar-refractivity contribution in [2.24, 2.45) is 0 Å². The molecule has 1 fully saturated rings. The van der Waals surface area contributed by atoms with Gasteiger partial charge in [-0.25, -0.2) is 0 Å². The van der Waals surface area contributed by atoms with Crippen LogP contribution in [-0.2, 0) is 6.42 Å². The Morgan fingerprint density at radius 3 is 3.05 bits per heavy atom. The summed E-state index contributed by atoms with van der Waals surface area (Å²) in [6.07, 6.45) is 6.57. The van der Waals surface area contributed by atoms with Gasteiger partial charge in [-0.2, -0.15) is 0 Å². The Hall–Kier alpha value is -0.860. The number of fused-ring (bicyclic) bond motifs is 1. The molecule has 1 aromatic rings. The zero-order valence-electron chi connectivity index (χ0n) is 12.8. The van der Waals surface area contributed by atoms with Crippen molar-refractivity contribution in [3.05, 3.63) is 35.4 Å². The summed E-state index contributed by atoms with van der Waals surface area (Å²) in [7, 11) is 0. The molecule has 2 aliphatic rings. The van der Waals surface area contributed by atoms with Crippen LogP contribution in [0.4, 0.5) is 0 Å². The lowest BCUT2D eigenvalue weighted by Gasteiger charge is -2.32. The van der Waals surface area contributed by atoms with Crippen LogP contribution in [0.2, 0.25) is 0 Å². The maximum atomic E-state index is 3.68. The summed E-state index contributed by atoms with van der Waals surface area (Å²) in [6, 6.07) is 9.81. The van der Waals surface area contributed by atoms with E-state index >= 15 is 0 Å². The summed E-state index contributed by atoms with van der Waals surface area (Å²) in [4.78, 5) is 2.71. The molecule has 1 saturated heterocycles. The zero-order chi connectivity index (χ0) is 13.8. The highest BCUT2D eigenvalue weighted by Gasteiger charge is 2.24. The lowest BCUT2D eigenvalue weighted by atomic mass is 9.82. The fourth-order valence-electron chi connectivity index (χ4n) is 3.87. The van der Waals surface area contributed by atoms with Crippen molar-refractivity contribution in [3.63, 3.8) is 0 Å². The van der Waals surface area contributed by atoms with Crippen molar-refractivity contribution in [2.75, 3.05) is 26.2 Å². The van der Waals surface area contributed by atoms with E-state index in [4.69, 9.17) is 0 Å². The maximum Gasteiger partial charge on any atom is 0.0192 e. The Labute approximate surface area is 123 Å². The van der Waals surface area contributed by atoms with Crippen molar-refractivity contribution in [1.29, 1.82) is 0 Å². The van der Waals surface area contributed by atoms with E-state index in [9.17, 15) is 0 Å². The van der Waals surface area contributed by atoms with E-state index in [1.165, 1.54) is 58.3 Å². The number of nitrogens with zero attached hydrogens (tertiary/aromatic N) is 1. The largest absolute Gasteiger partial charge is 0.313 e. The predicted molar refractivity (Wildman–Crippen MR) is 85.3 cm³/mol. The van der Waals surface area contributed by atoms with Crippen molar-refractivity contribution < 1.29 is 0 Å². The van der Waals surface area contributed by atoms with Gasteiger partial charge in [0.2, 0.25) is 0 Å². The zero-order valence-corrected chi connectivity index (χ0v) is 12.8. The van der Waals surface area contributed by atoms with E-state index < -0.39 is 0 Å². The van der Waals surface area contributed by atoms with E-state index in [2.05, 4.69) is 41.4 Å². The Balaban J connectivity index is 1.68. The number of benzene rings is 1. The van der Waals surface area contributed by atoms with Gasteiger partial charge in [0.25, 0.3) is 0 Å². The molecule has 0 aromatic heterocycles. The van der Waals surface area contributed by atoms with Crippen LogP contribution in [-0.4, -0.2) is 37.1 Å². The van der Waals surface area contributed by atoms with Crippen LogP contribution in [0.25, 0.3) is 0 Å². The minimum Gasteiger partial charge on any atom is -0.313 e. The quantitative estimate of drug-likeness (QED) is 0.909. The third kappa shape index (κ3) is 3.24. The molecule has 0 amide bonds. The Morgan fingerprint density at radius 1 is 1.25 bits per heavy atom. The molecular weight excluding hydrogens is 244 g/mol. The van der Waals surface area contributed by atoms with Gasteiger partial charge in [0.05, 0.1) is 0 Å². The highest BCUT2D eigenvalue weighted by molar-refractivity contribution is 5.32. The van der Waals surface area contributed by atoms with Crippen LogP contribution in [0.1, 0.15) is 49.7 Å². The molecule has 1 aliphatic carbocycles. The first-order valence-electron chi connectivity index (χ1n) is 8.40. The smallest absolute Gasteiger partial charge is 0.0192 e. The molecule has 1 aliphatic heterocycles. The topological polar surface area (TPSA) is 15.3 Å². The van der Waals surface area contributed by atoms with Crippen LogP contribution >= 0.6 is 0 Å². The number of hydrogen-bond acceptors (Lipinski definition) is 2. The summed E-state index contributed by atoms with van der Waals surface area (Å²) in [5, 5.41) is 3.68. The summed E-state index contributed by atoms with van der Waals surface area (Å²) < 4.78 is 0. The third-order valence-electron chi connectivity index (χ3n) is 5.03. The number of nitrogens with one attached hydrogen (secondary N) is 1. The Kier molecular flexibility index (Phi) is 4.74. The molecule has 2 heteroatoms. The lowest BCUT2D eigenvalue weighted by Crippen LogP contribution is -2.39. The molecule has 2 unspecified atom stereocenters. The highest BCUT2D eigenvalue weighted by atomic mass is 15.2. The molecule has 2 atom stereocenters. The van der Waals surface area contributed by atoms with Gasteiger partial charge in [-0.3, -0.25) is 0 Å². The summed E-state index contributed by atoms with van der Waals surface area (Å²) in [5.74, 6) is 0.760. The minimum atomic E-state index is 0.691. The molecular formula is C18H28N2. The molecule has 0 spiro atoms. The highest BCUT2D eigenvalue weighted by Crippen LogP contribution is 2.32. The molecule has 0 bridgehead atoms. The van der Waals surface area contributed by atoms with E-state index in [0.717, 1.165) is 5.92 Å². The van der Waals surface area contributed by atoms with Crippen molar-refractivity contribution in [2.45, 2.75) is 51.0 Å². The van der Waals surface area contributed by atoms with E-state index in [1.807, 2.05) is 0 Å². The SMILES string of the molecule is CCC1CN(CC2CCCc3ccccc32)CCCN1. The van der Waals surface area contributed by atoms with E-state index in [1.54, 1.807) is 11.1 Å². The van der Waals surface area contributed by atoms with Crippen LogP contribution < -0.4 is 5.32 Å². The second-order valence-corrected chi connectivity index (χ2v) is 6.46. The normalized spacial score (nSPS) is 27.9. The first-order chi connectivity index (χ1) is 9.86. The van der Waals surface area contributed by atoms with Crippen molar-refractivity contribution >= 4 is 0 Å². The molecule has 2 nitrogen and oxygen atoms in total. The van der Waals surface area contributed by atoms with Crippen LogP contribution in [0, 0.1) is 0 Å². The summed E-state index contributed by atoms with van der Waals surface area (Å²) >= 11 is 0. The van der Waals surface area contributed by atoms with Gasteiger partial charge in [0.15, 0.2) is 0 Å². The standard InChI is InChI=1S/C18H28N2/c1-2-17-14-20(12-6-11-19-17)13-16-9-5-8-15-7-3-4-10-18(15)16/h3-4,7,10,16-17,19H,2,5-6,8-9,11-14H2,1H3.